The quantitative estimate of drug-likeness (QED) is 0.454. The topological polar surface area (TPSA) is 113 Å². The van der Waals surface area contributed by atoms with Crippen molar-refractivity contribution in [2.24, 2.45) is 0 Å². The molecule has 2 heterocycles. The van der Waals surface area contributed by atoms with E-state index < -0.39 is 9.85 Å². The molecule has 0 atom stereocenters. The van der Waals surface area contributed by atoms with E-state index in [-0.39, 0.29) is 22.5 Å². The van der Waals surface area contributed by atoms with Crippen LogP contribution in [0.4, 0.5) is 11.4 Å². The van der Waals surface area contributed by atoms with Gasteiger partial charge in [0.2, 0.25) is 0 Å². The van der Waals surface area contributed by atoms with E-state index in [1.807, 2.05) is 0 Å². The van der Waals surface area contributed by atoms with Crippen molar-refractivity contribution in [3.63, 3.8) is 0 Å². The average Bonchev–Trinajstić information content (AvgIpc) is 3.31. The first-order chi connectivity index (χ1) is 12.5. The SMILES string of the molecule is O=[N+]([O-])c1cc([N+](=O)[O-])c(/C=C\c2ccco2)cc1/C=C\c1ccco1. The highest BCUT2D eigenvalue weighted by Gasteiger charge is 2.22. The van der Waals surface area contributed by atoms with Gasteiger partial charge in [0.1, 0.15) is 11.5 Å². The zero-order valence-corrected chi connectivity index (χ0v) is 13.3. The lowest BCUT2D eigenvalue weighted by atomic mass is 10.0. The van der Waals surface area contributed by atoms with Gasteiger partial charge in [-0.1, -0.05) is 0 Å². The van der Waals surface area contributed by atoms with Gasteiger partial charge in [-0.25, -0.2) is 0 Å². The molecule has 0 N–H and O–H groups in total. The summed E-state index contributed by atoms with van der Waals surface area (Å²) in [4.78, 5) is 21.3. The Kier molecular flexibility index (Phi) is 4.75. The highest BCUT2D eigenvalue weighted by atomic mass is 16.6. The molecule has 130 valence electrons. The molecular weight excluding hydrogens is 340 g/mol. The van der Waals surface area contributed by atoms with E-state index in [9.17, 15) is 20.2 Å². The summed E-state index contributed by atoms with van der Waals surface area (Å²) in [6.45, 7) is 0. The Morgan fingerprint density at radius 2 is 1.19 bits per heavy atom. The van der Waals surface area contributed by atoms with Crippen molar-refractivity contribution < 1.29 is 18.7 Å². The van der Waals surface area contributed by atoms with E-state index in [0.717, 1.165) is 6.07 Å². The number of nitro groups is 2. The molecule has 0 fully saturated rings. The zero-order chi connectivity index (χ0) is 18.5. The van der Waals surface area contributed by atoms with Crippen LogP contribution in [-0.4, -0.2) is 9.85 Å². The highest BCUT2D eigenvalue weighted by molar-refractivity contribution is 5.80. The minimum absolute atomic E-state index is 0.219. The summed E-state index contributed by atoms with van der Waals surface area (Å²) in [5, 5.41) is 22.6. The van der Waals surface area contributed by atoms with Crippen LogP contribution in [0, 0.1) is 20.2 Å². The minimum atomic E-state index is -0.658. The second-order valence-electron chi connectivity index (χ2n) is 5.18. The summed E-state index contributed by atoms with van der Waals surface area (Å²) < 4.78 is 10.3. The van der Waals surface area contributed by atoms with Crippen LogP contribution in [-0.2, 0) is 0 Å². The fourth-order valence-electron chi connectivity index (χ4n) is 2.31. The van der Waals surface area contributed by atoms with Crippen LogP contribution in [0.3, 0.4) is 0 Å². The monoisotopic (exact) mass is 352 g/mol. The summed E-state index contributed by atoms with van der Waals surface area (Å²) in [6.07, 6.45) is 9.00. The molecule has 1 aromatic carbocycles. The molecule has 26 heavy (non-hydrogen) atoms. The molecule has 0 aliphatic rings. The van der Waals surface area contributed by atoms with Gasteiger partial charge in [-0.15, -0.1) is 0 Å². The standard InChI is InChI=1S/C18H12N2O6/c21-19(22)17-12-18(20(23)24)14(6-8-16-4-2-10-26-16)11-13(17)5-7-15-3-1-9-25-15/h1-12H/b7-5-,8-6-. The number of nitro benzene ring substituents is 2. The van der Waals surface area contributed by atoms with Gasteiger partial charge < -0.3 is 8.83 Å². The van der Waals surface area contributed by atoms with E-state index in [2.05, 4.69) is 0 Å². The number of hydrogen-bond acceptors (Lipinski definition) is 6. The highest BCUT2D eigenvalue weighted by Crippen LogP contribution is 2.31. The largest absolute Gasteiger partial charge is 0.465 e. The van der Waals surface area contributed by atoms with Gasteiger partial charge >= 0.3 is 0 Å². The van der Waals surface area contributed by atoms with Gasteiger partial charge in [0.05, 0.1) is 39.6 Å². The van der Waals surface area contributed by atoms with Crippen LogP contribution in [0.5, 0.6) is 0 Å². The second kappa shape index (κ2) is 7.31. The third-order valence-corrected chi connectivity index (χ3v) is 3.51. The molecule has 0 saturated heterocycles. The Morgan fingerprint density at radius 3 is 1.54 bits per heavy atom. The van der Waals surface area contributed by atoms with Crippen LogP contribution in [0.1, 0.15) is 22.6 Å². The van der Waals surface area contributed by atoms with E-state index in [1.54, 1.807) is 36.4 Å². The van der Waals surface area contributed by atoms with Gasteiger partial charge in [-0.05, 0) is 54.6 Å². The number of benzene rings is 1. The van der Waals surface area contributed by atoms with E-state index >= 15 is 0 Å². The van der Waals surface area contributed by atoms with Crippen molar-refractivity contribution in [2.75, 3.05) is 0 Å². The van der Waals surface area contributed by atoms with Gasteiger partial charge in [0, 0.05) is 0 Å². The first-order valence-corrected chi connectivity index (χ1v) is 7.44. The molecule has 0 saturated carbocycles. The van der Waals surface area contributed by atoms with Crippen LogP contribution >= 0.6 is 0 Å². The molecule has 0 aliphatic heterocycles. The number of nitrogens with zero attached hydrogens (tertiary/aromatic N) is 2. The normalized spacial score (nSPS) is 11.4. The van der Waals surface area contributed by atoms with Gasteiger partial charge in [-0.2, -0.15) is 0 Å². The van der Waals surface area contributed by atoms with E-state index in [0.29, 0.717) is 11.5 Å². The zero-order valence-electron chi connectivity index (χ0n) is 13.3. The van der Waals surface area contributed by atoms with Crippen LogP contribution in [0.25, 0.3) is 24.3 Å². The summed E-state index contributed by atoms with van der Waals surface area (Å²) in [7, 11) is 0. The fraction of sp³-hybridized carbons (Fsp3) is 0. The smallest absolute Gasteiger partial charge is 0.283 e. The van der Waals surface area contributed by atoms with Crippen molar-refractivity contribution in [3.8, 4) is 0 Å². The molecule has 0 spiro atoms. The Balaban J connectivity index is 2.08. The average molecular weight is 352 g/mol. The Morgan fingerprint density at radius 1 is 0.731 bits per heavy atom. The molecular formula is C18H12N2O6. The summed E-state index contributed by atoms with van der Waals surface area (Å²) in [5.74, 6) is 1.01. The second-order valence-corrected chi connectivity index (χ2v) is 5.18. The van der Waals surface area contributed by atoms with Crippen molar-refractivity contribution in [1.82, 2.24) is 0 Å². The maximum atomic E-state index is 11.3. The minimum Gasteiger partial charge on any atom is -0.465 e. The first-order valence-electron chi connectivity index (χ1n) is 7.44. The van der Waals surface area contributed by atoms with Crippen LogP contribution in [0.2, 0.25) is 0 Å². The molecule has 0 radical (unpaired) electrons. The number of hydrogen-bond donors (Lipinski definition) is 0. The molecule has 3 rings (SSSR count). The summed E-state index contributed by atoms with van der Waals surface area (Å²) >= 11 is 0. The van der Waals surface area contributed by atoms with Crippen LogP contribution in [0.15, 0.2) is 57.8 Å². The third kappa shape index (κ3) is 3.75. The summed E-state index contributed by atoms with van der Waals surface area (Å²) in [6, 6.07) is 9.07. The lowest BCUT2D eigenvalue weighted by Gasteiger charge is -2.02. The molecule has 3 aromatic rings. The van der Waals surface area contributed by atoms with Gasteiger partial charge in [0.25, 0.3) is 11.4 Å². The fourth-order valence-corrected chi connectivity index (χ4v) is 2.31. The van der Waals surface area contributed by atoms with Crippen molar-refractivity contribution >= 4 is 35.7 Å². The molecule has 0 amide bonds. The molecule has 8 heteroatoms. The van der Waals surface area contributed by atoms with Gasteiger partial charge in [0.15, 0.2) is 0 Å². The third-order valence-electron chi connectivity index (χ3n) is 3.51. The molecule has 8 nitrogen and oxygen atoms in total. The molecule has 0 aliphatic carbocycles. The first kappa shape index (κ1) is 16.9. The van der Waals surface area contributed by atoms with E-state index in [4.69, 9.17) is 8.83 Å². The molecule has 0 bridgehead atoms. The molecule has 2 aromatic heterocycles. The predicted octanol–water partition coefficient (Wildman–Crippen LogP) is 5.03. The maximum absolute atomic E-state index is 11.3. The van der Waals surface area contributed by atoms with Crippen molar-refractivity contribution in [2.45, 2.75) is 0 Å². The van der Waals surface area contributed by atoms with E-state index in [1.165, 1.54) is 30.7 Å². The Labute approximate surface area is 147 Å². The van der Waals surface area contributed by atoms with Crippen LogP contribution < -0.4 is 0 Å². The molecule has 0 unspecified atom stereocenters. The number of furan rings is 2. The Hall–Kier alpha value is -3.94. The summed E-state index contributed by atoms with van der Waals surface area (Å²) in [5.41, 5.74) is -0.295. The number of rotatable bonds is 6. The predicted molar refractivity (Wildman–Crippen MR) is 95.0 cm³/mol. The Bertz CT molecular complexity index is 908. The lowest BCUT2D eigenvalue weighted by molar-refractivity contribution is -0.394. The van der Waals surface area contributed by atoms with Crippen molar-refractivity contribution in [1.29, 1.82) is 0 Å². The lowest BCUT2D eigenvalue weighted by Crippen LogP contribution is -1.98. The van der Waals surface area contributed by atoms with Gasteiger partial charge in [-0.3, -0.25) is 20.2 Å². The van der Waals surface area contributed by atoms with Crippen molar-refractivity contribution in [3.05, 3.63) is 91.8 Å². The maximum Gasteiger partial charge on any atom is 0.283 e.